The smallest absolute Gasteiger partial charge is 0.195 e. The van der Waals surface area contributed by atoms with Crippen molar-refractivity contribution in [1.29, 1.82) is 0 Å². The first kappa shape index (κ1) is 26.3. The first-order chi connectivity index (χ1) is 18.5. The van der Waals surface area contributed by atoms with Gasteiger partial charge in [0.2, 0.25) is 0 Å². The Bertz CT molecular complexity index is 1410. The fourth-order valence-corrected chi connectivity index (χ4v) is 6.57. The second kappa shape index (κ2) is 11.6. The average molecular weight is 530 g/mol. The maximum absolute atomic E-state index is 14.0. The molecule has 0 bridgehead atoms. The molecule has 1 aliphatic rings. The molecule has 1 aliphatic heterocycles. The number of methoxy groups -OCH3 is 2. The Labute approximate surface area is 229 Å². The van der Waals surface area contributed by atoms with Crippen LogP contribution in [-0.4, -0.2) is 51.1 Å². The predicted molar refractivity (Wildman–Crippen MR) is 155 cm³/mol. The maximum Gasteiger partial charge on any atom is 0.195 e. The van der Waals surface area contributed by atoms with Crippen LogP contribution in [0.1, 0.15) is 46.3 Å². The molecule has 5 nitrogen and oxygen atoms in total. The number of fused-ring (bicyclic) bond motifs is 1. The summed E-state index contributed by atoms with van der Waals surface area (Å²) in [5.41, 5.74) is 4.47. The van der Waals surface area contributed by atoms with Gasteiger partial charge in [-0.05, 0) is 111 Å². The van der Waals surface area contributed by atoms with E-state index in [1.807, 2.05) is 56.3 Å². The van der Waals surface area contributed by atoms with E-state index in [1.54, 1.807) is 25.6 Å². The first-order valence-corrected chi connectivity index (χ1v) is 14.1. The van der Waals surface area contributed by atoms with Gasteiger partial charge in [-0.2, -0.15) is 0 Å². The largest absolute Gasteiger partial charge is 0.497 e. The lowest BCUT2D eigenvalue weighted by molar-refractivity contribution is 0.104. The van der Waals surface area contributed by atoms with Crippen molar-refractivity contribution in [3.05, 3.63) is 76.9 Å². The van der Waals surface area contributed by atoms with Crippen molar-refractivity contribution in [3.8, 4) is 27.7 Å². The zero-order valence-corrected chi connectivity index (χ0v) is 23.5. The summed E-state index contributed by atoms with van der Waals surface area (Å²) in [6.07, 6.45) is 3.89. The van der Waals surface area contributed by atoms with E-state index in [0.29, 0.717) is 12.2 Å². The number of hydrogen-bond donors (Lipinski definition) is 0. The van der Waals surface area contributed by atoms with Crippen LogP contribution in [0.15, 0.2) is 54.6 Å². The van der Waals surface area contributed by atoms with E-state index >= 15 is 0 Å². The Morgan fingerprint density at radius 1 is 0.868 bits per heavy atom. The van der Waals surface area contributed by atoms with Crippen LogP contribution in [0.3, 0.4) is 0 Å². The van der Waals surface area contributed by atoms with Gasteiger partial charge in [-0.15, -0.1) is 11.3 Å². The summed E-state index contributed by atoms with van der Waals surface area (Å²) >= 11 is 1.62. The SMILES string of the molecule is COc1ccc2c(C(=O)c3ccc(OCCN4CCCCC4)cc3)c(-c3cc(C)c(OC)c(C)c3)sc2c1. The van der Waals surface area contributed by atoms with Crippen molar-refractivity contribution in [2.24, 2.45) is 0 Å². The minimum Gasteiger partial charge on any atom is -0.497 e. The third-order valence-corrected chi connectivity index (χ3v) is 8.49. The van der Waals surface area contributed by atoms with Crippen molar-refractivity contribution in [2.75, 3.05) is 40.5 Å². The Morgan fingerprint density at radius 2 is 1.55 bits per heavy atom. The molecule has 38 heavy (non-hydrogen) atoms. The average Bonchev–Trinajstić information content (AvgIpc) is 3.32. The van der Waals surface area contributed by atoms with Crippen LogP contribution in [0.4, 0.5) is 0 Å². The van der Waals surface area contributed by atoms with Crippen molar-refractivity contribution in [2.45, 2.75) is 33.1 Å². The lowest BCUT2D eigenvalue weighted by Crippen LogP contribution is -2.33. The second-order valence-electron chi connectivity index (χ2n) is 9.92. The van der Waals surface area contributed by atoms with E-state index < -0.39 is 0 Å². The molecule has 5 rings (SSSR count). The van der Waals surface area contributed by atoms with Crippen LogP contribution in [0, 0.1) is 13.8 Å². The lowest BCUT2D eigenvalue weighted by atomic mass is 9.96. The topological polar surface area (TPSA) is 48.0 Å². The van der Waals surface area contributed by atoms with Crippen molar-refractivity contribution in [1.82, 2.24) is 4.90 Å². The molecule has 3 aromatic carbocycles. The van der Waals surface area contributed by atoms with Gasteiger partial charge in [-0.3, -0.25) is 9.69 Å². The molecule has 0 N–H and O–H groups in total. The van der Waals surface area contributed by atoms with Gasteiger partial charge in [0.15, 0.2) is 5.78 Å². The number of ether oxygens (including phenoxy) is 3. The summed E-state index contributed by atoms with van der Waals surface area (Å²) in [6, 6.07) is 17.7. The molecule has 1 saturated heterocycles. The summed E-state index contributed by atoms with van der Waals surface area (Å²) < 4.78 is 18.1. The van der Waals surface area contributed by atoms with E-state index in [4.69, 9.17) is 14.2 Å². The number of carbonyl (C=O) groups excluding carboxylic acids is 1. The van der Waals surface area contributed by atoms with Gasteiger partial charge in [0, 0.05) is 32.6 Å². The van der Waals surface area contributed by atoms with Crippen LogP contribution in [-0.2, 0) is 0 Å². The highest BCUT2D eigenvalue weighted by Gasteiger charge is 2.23. The molecule has 0 amide bonds. The number of piperidine rings is 1. The summed E-state index contributed by atoms with van der Waals surface area (Å²) in [4.78, 5) is 17.4. The van der Waals surface area contributed by atoms with Crippen molar-refractivity contribution >= 4 is 27.2 Å². The molecule has 1 aromatic heterocycles. The third-order valence-electron chi connectivity index (χ3n) is 7.29. The van der Waals surface area contributed by atoms with Gasteiger partial charge >= 0.3 is 0 Å². The van der Waals surface area contributed by atoms with E-state index in [1.165, 1.54) is 19.3 Å². The van der Waals surface area contributed by atoms with E-state index in [-0.39, 0.29) is 5.78 Å². The number of likely N-dealkylation sites (tertiary alicyclic amines) is 1. The minimum absolute atomic E-state index is 0.00223. The molecular formula is C32H35NO4S. The second-order valence-corrected chi connectivity index (χ2v) is 11.0. The number of benzene rings is 3. The predicted octanol–water partition coefficient (Wildman–Crippen LogP) is 7.30. The number of carbonyl (C=O) groups is 1. The van der Waals surface area contributed by atoms with E-state index in [9.17, 15) is 4.79 Å². The molecule has 0 unspecified atom stereocenters. The molecule has 0 atom stereocenters. The highest BCUT2D eigenvalue weighted by atomic mass is 32.1. The van der Waals surface area contributed by atoms with Gasteiger partial charge in [-0.1, -0.05) is 6.42 Å². The molecule has 0 saturated carbocycles. The Hall–Kier alpha value is -3.35. The number of hydrogen-bond acceptors (Lipinski definition) is 6. The van der Waals surface area contributed by atoms with Gasteiger partial charge in [0.05, 0.1) is 14.2 Å². The highest BCUT2D eigenvalue weighted by molar-refractivity contribution is 7.22. The molecule has 6 heteroatoms. The summed E-state index contributed by atoms with van der Waals surface area (Å²) in [5, 5.41) is 0.934. The van der Waals surface area contributed by atoms with Gasteiger partial charge in [0.25, 0.3) is 0 Å². The Morgan fingerprint density at radius 3 is 2.21 bits per heavy atom. The van der Waals surface area contributed by atoms with E-state index in [0.717, 1.165) is 74.1 Å². The van der Waals surface area contributed by atoms with Crippen LogP contribution < -0.4 is 14.2 Å². The van der Waals surface area contributed by atoms with Crippen molar-refractivity contribution < 1.29 is 19.0 Å². The number of aryl methyl sites for hydroxylation is 2. The molecule has 0 radical (unpaired) electrons. The highest BCUT2D eigenvalue weighted by Crippen LogP contribution is 2.43. The van der Waals surface area contributed by atoms with Gasteiger partial charge in [-0.25, -0.2) is 0 Å². The zero-order chi connectivity index (χ0) is 26.6. The van der Waals surface area contributed by atoms with Crippen LogP contribution in [0.25, 0.3) is 20.5 Å². The summed E-state index contributed by atoms with van der Waals surface area (Å²) in [5.74, 6) is 2.44. The number of thiophene rings is 1. The molecule has 0 spiro atoms. The molecular weight excluding hydrogens is 494 g/mol. The van der Waals surface area contributed by atoms with Crippen molar-refractivity contribution in [3.63, 3.8) is 0 Å². The molecule has 2 heterocycles. The Kier molecular flexibility index (Phi) is 8.01. The third kappa shape index (κ3) is 5.42. The number of rotatable bonds is 9. The zero-order valence-electron chi connectivity index (χ0n) is 22.6. The fourth-order valence-electron chi connectivity index (χ4n) is 5.36. The van der Waals surface area contributed by atoms with Crippen LogP contribution in [0.5, 0.6) is 17.2 Å². The summed E-state index contributed by atoms with van der Waals surface area (Å²) in [6.45, 7) is 7.99. The van der Waals surface area contributed by atoms with Gasteiger partial charge in [0.1, 0.15) is 23.9 Å². The number of nitrogens with zero attached hydrogens (tertiary/aromatic N) is 1. The fraction of sp³-hybridized carbons (Fsp3) is 0.344. The normalized spacial score (nSPS) is 14.0. The molecule has 198 valence electrons. The standard InChI is InChI=1S/C32H35NO4S/c1-21-18-24(19-22(2)31(21)36-4)32-29(27-13-12-26(35-3)20-28(27)38-32)30(34)23-8-10-25(11-9-23)37-17-16-33-14-6-5-7-15-33/h8-13,18-20H,5-7,14-17H2,1-4H3. The lowest BCUT2D eigenvalue weighted by Gasteiger charge is -2.26. The maximum atomic E-state index is 14.0. The van der Waals surface area contributed by atoms with Crippen LogP contribution in [0.2, 0.25) is 0 Å². The summed E-state index contributed by atoms with van der Waals surface area (Å²) in [7, 11) is 3.35. The molecule has 4 aromatic rings. The number of ketones is 1. The quantitative estimate of drug-likeness (QED) is 0.213. The molecule has 1 fully saturated rings. The minimum atomic E-state index is 0.00223. The Balaban J connectivity index is 1.45. The van der Waals surface area contributed by atoms with Gasteiger partial charge < -0.3 is 14.2 Å². The monoisotopic (exact) mass is 529 g/mol. The molecule has 0 aliphatic carbocycles. The van der Waals surface area contributed by atoms with Crippen LogP contribution >= 0.6 is 11.3 Å². The van der Waals surface area contributed by atoms with E-state index in [2.05, 4.69) is 17.0 Å². The first-order valence-electron chi connectivity index (χ1n) is 13.2.